The van der Waals surface area contributed by atoms with Crippen molar-refractivity contribution in [2.45, 2.75) is 44.9 Å². The molecule has 8 nitrogen and oxygen atoms in total. The predicted molar refractivity (Wildman–Crippen MR) is 120 cm³/mol. The van der Waals surface area contributed by atoms with Crippen molar-refractivity contribution in [3.8, 4) is 0 Å². The lowest BCUT2D eigenvalue weighted by molar-refractivity contribution is 0.0783. The van der Waals surface area contributed by atoms with E-state index >= 15 is 0 Å². The Morgan fingerprint density at radius 2 is 2.03 bits per heavy atom. The van der Waals surface area contributed by atoms with Gasteiger partial charge in [0, 0.05) is 36.5 Å². The molecule has 1 aliphatic heterocycles. The summed E-state index contributed by atoms with van der Waals surface area (Å²) in [5.41, 5.74) is 3.60. The number of hydrogen-bond acceptors (Lipinski definition) is 5. The molecule has 0 unspecified atom stereocenters. The van der Waals surface area contributed by atoms with Crippen LogP contribution in [-0.4, -0.2) is 50.0 Å². The lowest BCUT2D eigenvalue weighted by atomic mass is 9.95. The second-order valence-corrected chi connectivity index (χ2v) is 8.63. The zero-order chi connectivity index (χ0) is 22.9. The molecule has 3 heterocycles. The second kappa shape index (κ2) is 8.73. The summed E-state index contributed by atoms with van der Waals surface area (Å²) in [7, 11) is 0. The van der Waals surface area contributed by atoms with E-state index in [4.69, 9.17) is 0 Å². The van der Waals surface area contributed by atoms with Crippen LogP contribution in [0.2, 0.25) is 0 Å². The Kier molecular flexibility index (Phi) is 5.62. The number of para-hydroxylation sites is 1. The van der Waals surface area contributed by atoms with Gasteiger partial charge in [0.2, 0.25) is 0 Å². The zero-order valence-electron chi connectivity index (χ0n) is 18.4. The first-order valence-electron chi connectivity index (χ1n) is 11.3. The van der Waals surface area contributed by atoms with Crippen molar-refractivity contribution in [2.75, 3.05) is 18.4 Å². The van der Waals surface area contributed by atoms with E-state index in [0.29, 0.717) is 30.3 Å². The number of halogens is 1. The van der Waals surface area contributed by atoms with Crippen molar-refractivity contribution in [3.05, 3.63) is 70.3 Å². The van der Waals surface area contributed by atoms with Crippen molar-refractivity contribution >= 4 is 17.5 Å². The van der Waals surface area contributed by atoms with Gasteiger partial charge >= 0.3 is 0 Å². The van der Waals surface area contributed by atoms with Crippen molar-refractivity contribution < 1.29 is 14.0 Å². The summed E-state index contributed by atoms with van der Waals surface area (Å²) in [5.74, 6) is -0.416. The van der Waals surface area contributed by atoms with Crippen LogP contribution in [0.4, 0.5) is 10.1 Å². The molecule has 1 aliphatic carbocycles. The number of fused-ring (bicyclic) bond motifs is 1. The van der Waals surface area contributed by atoms with Crippen molar-refractivity contribution in [1.82, 2.24) is 25.1 Å². The topological polar surface area (TPSA) is 104 Å². The number of rotatable bonds is 4. The molecule has 1 aromatic carbocycles. The van der Waals surface area contributed by atoms with Crippen LogP contribution in [-0.2, 0) is 12.8 Å². The largest absolute Gasteiger partial charge is 0.336 e. The van der Waals surface area contributed by atoms with Gasteiger partial charge in [-0.15, -0.1) is 0 Å². The SMILES string of the molecule is Cc1nc([C@@H]2CCN(C(=O)c3n[nH]c4c3CCCC4)C2)ncc1C(=O)Nc1ccccc1F. The second-order valence-electron chi connectivity index (χ2n) is 8.63. The monoisotopic (exact) mass is 448 g/mol. The maximum Gasteiger partial charge on any atom is 0.274 e. The first kappa shape index (κ1) is 21.2. The van der Waals surface area contributed by atoms with Crippen LogP contribution in [0.15, 0.2) is 30.5 Å². The van der Waals surface area contributed by atoms with E-state index in [1.54, 1.807) is 19.1 Å². The first-order chi connectivity index (χ1) is 16.0. The number of likely N-dealkylation sites (tertiary alicyclic amines) is 1. The Hall–Kier alpha value is -3.62. The zero-order valence-corrected chi connectivity index (χ0v) is 18.4. The van der Waals surface area contributed by atoms with Crippen molar-refractivity contribution in [1.29, 1.82) is 0 Å². The van der Waals surface area contributed by atoms with Crippen LogP contribution in [0.25, 0.3) is 0 Å². The number of carbonyl (C=O) groups excluding carboxylic acids is 2. The average molecular weight is 449 g/mol. The van der Waals surface area contributed by atoms with Crippen LogP contribution in [0.1, 0.15) is 68.8 Å². The fourth-order valence-corrected chi connectivity index (χ4v) is 4.62. The molecule has 0 bridgehead atoms. The van der Waals surface area contributed by atoms with Gasteiger partial charge in [0.05, 0.1) is 16.9 Å². The highest BCUT2D eigenvalue weighted by Gasteiger charge is 2.33. The van der Waals surface area contributed by atoms with E-state index in [-0.39, 0.29) is 23.1 Å². The number of aromatic nitrogens is 4. The number of nitrogens with one attached hydrogen (secondary N) is 2. The minimum absolute atomic E-state index is 0.00824. The summed E-state index contributed by atoms with van der Waals surface area (Å²) in [6.45, 7) is 2.86. The number of carbonyl (C=O) groups is 2. The van der Waals surface area contributed by atoms with Gasteiger partial charge in [-0.1, -0.05) is 12.1 Å². The normalized spacial score (nSPS) is 17.6. The van der Waals surface area contributed by atoms with E-state index in [2.05, 4.69) is 25.5 Å². The molecule has 33 heavy (non-hydrogen) atoms. The molecule has 0 radical (unpaired) electrons. The highest BCUT2D eigenvalue weighted by molar-refractivity contribution is 6.04. The van der Waals surface area contributed by atoms with E-state index < -0.39 is 11.7 Å². The van der Waals surface area contributed by atoms with Gasteiger partial charge in [0.25, 0.3) is 11.8 Å². The Balaban J connectivity index is 1.27. The van der Waals surface area contributed by atoms with E-state index in [9.17, 15) is 14.0 Å². The third-order valence-corrected chi connectivity index (χ3v) is 6.46. The average Bonchev–Trinajstić information content (AvgIpc) is 3.48. The van der Waals surface area contributed by atoms with Gasteiger partial charge in [-0.2, -0.15) is 5.10 Å². The number of anilines is 1. The smallest absolute Gasteiger partial charge is 0.274 e. The molecule has 2 amide bonds. The molecular weight excluding hydrogens is 423 g/mol. The first-order valence-corrected chi connectivity index (χ1v) is 11.3. The highest BCUT2D eigenvalue weighted by Crippen LogP contribution is 2.29. The van der Waals surface area contributed by atoms with Gasteiger partial charge in [-0.3, -0.25) is 14.7 Å². The van der Waals surface area contributed by atoms with Crippen LogP contribution < -0.4 is 5.32 Å². The van der Waals surface area contributed by atoms with Gasteiger partial charge in [-0.25, -0.2) is 14.4 Å². The summed E-state index contributed by atoms with van der Waals surface area (Å²) in [5, 5.41) is 9.90. The van der Waals surface area contributed by atoms with Crippen LogP contribution in [0, 0.1) is 12.7 Å². The summed E-state index contributed by atoms with van der Waals surface area (Å²) in [6.07, 6.45) is 6.27. The Morgan fingerprint density at radius 1 is 1.21 bits per heavy atom. The summed E-state index contributed by atoms with van der Waals surface area (Å²) >= 11 is 0. The molecule has 1 saturated heterocycles. The molecule has 0 saturated carbocycles. The van der Waals surface area contributed by atoms with Gasteiger partial charge in [0.1, 0.15) is 11.6 Å². The van der Waals surface area contributed by atoms with E-state index in [0.717, 1.165) is 43.4 Å². The number of aromatic amines is 1. The third-order valence-electron chi connectivity index (χ3n) is 6.46. The number of hydrogen-bond donors (Lipinski definition) is 2. The van der Waals surface area contributed by atoms with Crippen LogP contribution >= 0.6 is 0 Å². The molecule has 1 atom stereocenters. The summed E-state index contributed by atoms with van der Waals surface area (Å²) in [6, 6.07) is 5.99. The Morgan fingerprint density at radius 3 is 2.85 bits per heavy atom. The van der Waals surface area contributed by atoms with Crippen LogP contribution in [0.5, 0.6) is 0 Å². The van der Waals surface area contributed by atoms with E-state index in [1.165, 1.54) is 18.3 Å². The minimum Gasteiger partial charge on any atom is -0.336 e. The molecule has 0 spiro atoms. The quantitative estimate of drug-likeness (QED) is 0.637. The Bertz CT molecular complexity index is 1220. The standard InChI is InChI=1S/C24H25FN6O2/c1-14-17(23(32)28-20-9-5-3-7-18(20)25)12-26-22(27-14)15-10-11-31(13-15)24(33)21-16-6-2-4-8-19(16)29-30-21/h3,5,7,9,12,15H,2,4,6,8,10-11,13H2,1H3,(H,28,32)(H,29,30)/t15-/m1/s1. The molecule has 2 aromatic heterocycles. The third kappa shape index (κ3) is 4.10. The number of nitrogens with zero attached hydrogens (tertiary/aromatic N) is 4. The lowest BCUT2D eigenvalue weighted by Crippen LogP contribution is -2.30. The molecule has 1 fully saturated rings. The number of H-pyrrole nitrogens is 1. The Labute approximate surface area is 190 Å². The summed E-state index contributed by atoms with van der Waals surface area (Å²) < 4.78 is 13.8. The maximum absolute atomic E-state index is 13.8. The maximum atomic E-state index is 13.8. The number of aryl methyl sites for hydroxylation is 2. The molecular formula is C24H25FN6O2. The fraction of sp³-hybridized carbons (Fsp3) is 0.375. The highest BCUT2D eigenvalue weighted by atomic mass is 19.1. The fourth-order valence-electron chi connectivity index (χ4n) is 4.62. The van der Waals surface area contributed by atoms with Crippen LogP contribution in [0.3, 0.4) is 0 Å². The summed E-state index contributed by atoms with van der Waals surface area (Å²) in [4.78, 5) is 36.4. The molecule has 2 aliphatic rings. The van der Waals surface area contributed by atoms with Gasteiger partial charge in [0.15, 0.2) is 5.69 Å². The minimum atomic E-state index is -0.505. The number of benzene rings is 1. The molecule has 170 valence electrons. The predicted octanol–water partition coefficient (Wildman–Crippen LogP) is 3.41. The lowest BCUT2D eigenvalue weighted by Gasteiger charge is -2.17. The number of amides is 2. The molecule has 2 N–H and O–H groups in total. The van der Waals surface area contributed by atoms with Crippen molar-refractivity contribution in [2.24, 2.45) is 0 Å². The molecule has 3 aromatic rings. The molecule has 9 heteroatoms. The van der Waals surface area contributed by atoms with Crippen molar-refractivity contribution in [3.63, 3.8) is 0 Å². The van der Waals surface area contributed by atoms with Gasteiger partial charge < -0.3 is 10.2 Å². The van der Waals surface area contributed by atoms with Gasteiger partial charge in [-0.05, 0) is 51.2 Å². The molecule has 5 rings (SSSR count). The van der Waals surface area contributed by atoms with E-state index in [1.807, 2.05) is 4.90 Å².